The number of carbonyl (C=O) groups excluding carboxylic acids is 2. The molecule has 1 aromatic heterocycles. The van der Waals surface area contributed by atoms with Gasteiger partial charge >= 0.3 is 6.09 Å². The van der Waals surface area contributed by atoms with Gasteiger partial charge in [0, 0.05) is 18.0 Å². The minimum Gasteiger partial charge on any atom is -0.445 e. The fraction of sp³-hybridized carbons (Fsp3) is 0.381. The van der Waals surface area contributed by atoms with Gasteiger partial charge in [0.1, 0.15) is 6.61 Å². The summed E-state index contributed by atoms with van der Waals surface area (Å²) in [6.07, 6.45) is 2.11. The summed E-state index contributed by atoms with van der Waals surface area (Å²) in [6.45, 7) is 0.199. The Balaban J connectivity index is 1.41. The average molecular weight is 386 g/mol. The molecule has 5 nitrogen and oxygen atoms in total. The van der Waals surface area contributed by atoms with Crippen LogP contribution in [-0.4, -0.2) is 33.8 Å². The predicted octanol–water partition coefficient (Wildman–Crippen LogP) is 4.12. The number of Topliss-reactive ketones (excluding diaryl/α,β-unsaturated/α-hetero) is 1. The zero-order valence-electron chi connectivity index (χ0n) is 15.2. The molecule has 2 bridgehead atoms. The highest BCUT2D eigenvalue weighted by molar-refractivity contribution is 5.98. The highest BCUT2D eigenvalue weighted by Crippen LogP contribution is 2.40. The minimum absolute atomic E-state index is 0.104. The quantitative estimate of drug-likeness (QED) is 0.586. The van der Waals surface area contributed by atoms with E-state index >= 15 is 0 Å². The molecule has 28 heavy (non-hydrogen) atoms. The first-order chi connectivity index (χ1) is 13.5. The lowest BCUT2D eigenvalue weighted by Gasteiger charge is -2.37. The molecular weight excluding hydrogens is 366 g/mol. The molecule has 1 amide bonds. The molecule has 2 aliphatic rings. The Morgan fingerprint density at radius 1 is 1.04 bits per heavy atom. The molecular formula is C21H20F2N2O3. The number of halogens is 2. The van der Waals surface area contributed by atoms with E-state index in [4.69, 9.17) is 4.74 Å². The topological polar surface area (TPSA) is 59.5 Å². The number of aromatic nitrogens is 1. The monoisotopic (exact) mass is 386 g/mol. The third-order valence-electron chi connectivity index (χ3n) is 5.60. The molecule has 2 aliphatic heterocycles. The number of fused-ring (bicyclic) bond motifs is 2. The number of ether oxygens (including phenoxy) is 1. The van der Waals surface area contributed by atoms with Gasteiger partial charge in [0.2, 0.25) is 11.9 Å². The van der Waals surface area contributed by atoms with Crippen molar-refractivity contribution in [1.29, 1.82) is 0 Å². The second-order valence-electron chi connectivity index (χ2n) is 7.34. The summed E-state index contributed by atoms with van der Waals surface area (Å²) >= 11 is 0. The molecule has 3 heterocycles. The smallest absolute Gasteiger partial charge is 0.410 e. The van der Waals surface area contributed by atoms with Crippen LogP contribution in [-0.2, 0) is 11.3 Å². The highest BCUT2D eigenvalue weighted by Gasteiger charge is 2.46. The van der Waals surface area contributed by atoms with Gasteiger partial charge in [0.25, 0.3) is 0 Å². The largest absolute Gasteiger partial charge is 0.445 e. The summed E-state index contributed by atoms with van der Waals surface area (Å²) in [5, 5.41) is 0. The van der Waals surface area contributed by atoms with Crippen molar-refractivity contribution in [2.24, 2.45) is 5.92 Å². The first kappa shape index (κ1) is 18.5. The van der Waals surface area contributed by atoms with E-state index in [0.29, 0.717) is 12.8 Å². The molecule has 2 aromatic rings. The van der Waals surface area contributed by atoms with Gasteiger partial charge in [0.15, 0.2) is 5.78 Å². The molecule has 4 rings (SSSR count). The third kappa shape index (κ3) is 3.61. The van der Waals surface area contributed by atoms with E-state index in [-0.39, 0.29) is 36.1 Å². The van der Waals surface area contributed by atoms with Gasteiger partial charge in [-0.25, -0.2) is 4.79 Å². The summed E-state index contributed by atoms with van der Waals surface area (Å²) in [6, 6.07) is 11.4. The highest BCUT2D eigenvalue weighted by atomic mass is 19.1. The molecule has 146 valence electrons. The molecule has 0 saturated carbocycles. The number of pyridine rings is 1. The lowest BCUT2D eigenvalue weighted by atomic mass is 9.85. The van der Waals surface area contributed by atoms with Crippen molar-refractivity contribution < 1.29 is 23.1 Å². The maximum atomic E-state index is 13.9. The van der Waals surface area contributed by atoms with E-state index in [2.05, 4.69) is 4.98 Å². The number of nitrogens with zero attached hydrogens (tertiary/aromatic N) is 2. The Hall–Kier alpha value is -2.83. The number of hydrogen-bond donors (Lipinski definition) is 0. The zero-order valence-corrected chi connectivity index (χ0v) is 15.2. The third-order valence-corrected chi connectivity index (χ3v) is 5.60. The van der Waals surface area contributed by atoms with Crippen molar-refractivity contribution >= 4 is 11.9 Å². The number of rotatable bonds is 4. The average Bonchev–Trinajstić information content (AvgIpc) is 2.96. The lowest BCUT2D eigenvalue weighted by molar-refractivity contribution is 0.0483. The van der Waals surface area contributed by atoms with Crippen LogP contribution in [0.4, 0.5) is 13.6 Å². The summed E-state index contributed by atoms with van der Waals surface area (Å²) < 4.78 is 32.3. The number of hydrogen-bond acceptors (Lipinski definition) is 4. The Labute approximate surface area is 161 Å². The van der Waals surface area contributed by atoms with Crippen LogP contribution in [0.3, 0.4) is 0 Å². The number of amides is 1. The number of benzene rings is 1. The molecule has 0 aliphatic carbocycles. The molecule has 7 heteroatoms. The van der Waals surface area contributed by atoms with Gasteiger partial charge in [0.05, 0.1) is 5.56 Å². The molecule has 2 saturated heterocycles. The zero-order chi connectivity index (χ0) is 19.7. The van der Waals surface area contributed by atoms with Gasteiger partial charge in [-0.1, -0.05) is 30.3 Å². The maximum Gasteiger partial charge on any atom is 0.410 e. The van der Waals surface area contributed by atoms with Gasteiger partial charge in [-0.15, -0.1) is 0 Å². The van der Waals surface area contributed by atoms with E-state index in [1.165, 1.54) is 0 Å². The molecule has 0 N–H and O–H groups in total. The Morgan fingerprint density at radius 2 is 1.71 bits per heavy atom. The van der Waals surface area contributed by atoms with Crippen molar-refractivity contribution in [3.05, 3.63) is 65.5 Å². The molecule has 0 spiro atoms. The van der Waals surface area contributed by atoms with Crippen LogP contribution in [0.2, 0.25) is 0 Å². The van der Waals surface area contributed by atoms with E-state index in [1.54, 1.807) is 4.90 Å². The Morgan fingerprint density at radius 3 is 2.36 bits per heavy atom. The second-order valence-corrected chi connectivity index (χ2v) is 7.34. The fourth-order valence-corrected chi connectivity index (χ4v) is 4.30. The van der Waals surface area contributed by atoms with Crippen LogP contribution in [0.5, 0.6) is 0 Å². The second kappa shape index (κ2) is 7.66. The Bertz CT molecular complexity index is 876. The lowest BCUT2D eigenvalue weighted by Crippen LogP contribution is -2.48. The predicted molar refractivity (Wildman–Crippen MR) is 96.5 cm³/mol. The molecule has 1 aromatic carbocycles. The summed E-state index contributed by atoms with van der Waals surface area (Å²) in [7, 11) is 0. The standard InChI is InChI=1S/C21H20F2N2O3/c22-18-9-8-17(20(23)24-18)19(26)14-10-15-6-7-16(11-14)25(15)21(27)28-12-13-4-2-1-3-5-13/h1-5,8-9,14-16H,6-7,10-12H2. The van der Waals surface area contributed by atoms with Crippen molar-refractivity contribution in [2.45, 2.75) is 44.4 Å². The summed E-state index contributed by atoms with van der Waals surface area (Å²) in [4.78, 5) is 30.1. The normalized spacial score (nSPS) is 23.5. The number of piperidine rings is 1. The van der Waals surface area contributed by atoms with E-state index < -0.39 is 17.8 Å². The number of carbonyl (C=O) groups is 2. The van der Waals surface area contributed by atoms with Crippen molar-refractivity contribution in [3.63, 3.8) is 0 Å². The van der Waals surface area contributed by atoms with Gasteiger partial charge in [-0.3, -0.25) is 4.79 Å². The molecule has 0 radical (unpaired) electrons. The van der Waals surface area contributed by atoms with Crippen LogP contribution < -0.4 is 0 Å². The first-order valence-corrected chi connectivity index (χ1v) is 9.38. The minimum atomic E-state index is -1.08. The SMILES string of the molecule is O=C(c1ccc(F)nc1F)C1CC2CCC(C1)N2C(=O)OCc1ccccc1. The Kier molecular flexibility index (Phi) is 5.07. The molecule has 2 atom stereocenters. The van der Waals surface area contributed by atoms with E-state index in [0.717, 1.165) is 30.5 Å². The fourth-order valence-electron chi connectivity index (χ4n) is 4.30. The van der Waals surface area contributed by atoms with E-state index in [9.17, 15) is 18.4 Å². The molecule has 2 unspecified atom stereocenters. The van der Waals surface area contributed by atoms with Gasteiger partial charge < -0.3 is 9.64 Å². The molecule has 2 fully saturated rings. The van der Waals surface area contributed by atoms with Crippen LogP contribution in [0.1, 0.15) is 41.6 Å². The van der Waals surface area contributed by atoms with Crippen LogP contribution >= 0.6 is 0 Å². The van der Waals surface area contributed by atoms with Crippen molar-refractivity contribution in [2.75, 3.05) is 0 Å². The van der Waals surface area contributed by atoms with Crippen molar-refractivity contribution in [1.82, 2.24) is 9.88 Å². The van der Waals surface area contributed by atoms with Gasteiger partial charge in [-0.05, 0) is 43.4 Å². The number of ketones is 1. The first-order valence-electron chi connectivity index (χ1n) is 9.38. The van der Waals surface area contributed by atoms with Crippen LogP contribution in [0.15, 0.2) is 42.5 Å². The summed E-state index contributed by atoms with van der Waals surface area (Å²) in [5.74, 6) is -2.82. The van der Waals surface area contributed by atoms with Gasteiger partial charge in [-0.2, -0.15) is 13.8 Å². The summed E-state index contributed by atoms with van der Waals surface area (Å²) in [5.41, 5.74) is 0.721. The maximum absolute atomic E-state index is 13.9. The van der Waals surface area contributed by atoms with Crippen LogP contribution in [0.25, 0.3) is 0 Å². The van der Waals surface area contributed by atoms with Crippen molar-refractivity contribution in [3.8, 4) is 0 Å². The van der Waals surface area contributed by atoms with E-state index in [1.807, 2.05) is 30.3 Å². The van der Waals surface area contributed by atoms with Crippen LogP contribution in [0, 0.1) is 17.8 Å².